The van der Waals surface area contributed by atoms with Crippen LogP contribution < -0.4 is 19.8 Å². The minimum atomic E-state index is -0.329. The van der Waals surface area contributed by atoms with Crippen LogP contribution in [0.25, 0.3) is 10.8 Å². The van der Waals surface area contributed by atoms with Gasteiger partial charge in [0.25, 0.3) is 11.8 Å². The third kappa shape index (κ3) is 4.38. The van der Waals surface area contributed by atoms with E-state index in [1.165, 1.54) is 0 Å². The van der Waals surface area contributed by atoms with E-state index in [1.807, 2.05) is 61.5 Å². The van der Waals surface area contributed by atoms with Crippen LogP contribution in [0.5, 0.6) is 11.5 Å². The van der Waals surface area contributed by atoms with Crippen molar-refractivity contribution in [3.8, 4) is 11.5 Å². The first-order chi connectivity index (χ1) is 17.6. The molecule has 0 radical (unpaired) electrons. The summed E-state index contributed by atoms with van der Waals surface area (Å²) in [6, 6.07) is 24.3. The van der Waals surface area contributed by atoms with Crippen molar-refractivity contribution in [2.75, 3.05) is 18.6 Å². The Morgan fingerprint density at radius 1 is 1.00 bits per heavy atom. The number of nitrogens with one attached hydrogen (secondary N) is 1. The van der Waals surface area contributed by atoms with Gasteiger partial charge in [-0.3, -0.25) is 9.59 Å². The maximum atomic E-state index is 13.0. The second-order valence-electron chi connectivity index (χ2n) is 8.31. The number of amides is 2. The van der Waals surface area contributed by atoms with E-state index >= 15 is 0 Å². The number of hydrogen-bond donors (Lipinski definition) is 1. The lowest BCUT2D eigenvalue weighted by molar-refractivity contribution is 0.0953. The highest BCUT2D eigenvalue weighted by Crippen LogP contribution is 2.38. The van der Waals surface area contributed by atoms with Gasteiger partial charge in [0.05, 0.1) is 32.2 Å². The van der Waals surface area contributed by atoms with Crippen LogP contribution in [-0.4, -0.2) is 31.7 Å². The van der Waals surface area contributed by atoms with Crippen molar-refractivity contribution in [1.82, 2.24) is 5.43 Å². The van der Waals surface area contributed by atoms with E-state index in [0.717, 1.165) is 33.2 Å². The van der Waals surface area contributed by atoms with Crippen LogP contribution in [0.4, 0.5) is 5.69 Å². The molecule has 0 spiro atoms. The Hall–Kier alpha value is -4.65. The molecule has 1 aliphatic heterocycles. The molecular formula is C29H25N3O4. The third-order valence-corrected chi connectivity index (χ3v) is 6.07. The molecule has 0 aromatic heterocycles. The minimum Gasteiger partial charge on any atom is -0.493 e. The molecule has 1 heterocycles. The number of rotatable bonds is 8. The smallest absolute Gasteiger partial charge is 0.271 e. The first-order valence-electron chi connectivity index (χ1n) is 11.7. The van der Waals surface area contributed by atoms with Gasteiger partial charge >= 0.3 is 0 Å². The molecule has 4 aromatic carbocycles. The largest absolute Gasteiger partial charge is 0.493 e. The van der Waals surface area contributed by atoms with Crippen molar-refractivity contribution >= 4 is 34.5 Å². The van der Waals surface area contributed by atoms with E-state index in [9.17, 15) is 9.59 Å². The standard InChI is InChI=1S/C29H25N3O4/c1-3-36-25-15-12-20(16-26(25)35-2)17-30-31-28(33)22-13-10-19(11-14-22)18-32-24-9-5-7-21-6-4-8-23(27(21)24)29(32)34/h4-17H,3,18H2,1-2H3,(H,31,33)/b30-17+. The zero-order valence-electron chi connectivity index (χ0n) is 20.0. The average Bonchev–Trinajstić information content (AvgIpc) is 3.18. The molecule has 7 heteroatoms. The molecule has 0 aliphatic carbocycles. The Balaban J connectivity index is 1.24. The maximum Gasteiger partial charge on any atom is 0.271 e. The third-order valence-electron chi connectivity index (χ3n) is 6.07. The summed E-state index contributed by atoms with van der Waals surface area (Å²) in [4.78, 5) is 27.3. The molecule has 1 N–H and O–H groups in total. The fourth-order valence-electron chi connectivity index (χ4n) is 4.35. The van der Waals surface area contributed by atoms with E-state index in [4.69, 9.17) is 9.47 Å². The number of anilines is 1. The normalized spacial score (nSPS) is 12.4. The molecule has 1 aliphatic rings. The lowest BCUT2D eigenvalue weighted by Gasteiger charge is -2.18. The molecule has 7 nitrogen and oxygen atoms in total. The quantitative estimate of drug-likeness (QED) is 0.279. The number of nitrogens with zero attached hydrogens (tertiary/aromatic N) is 2. The molecule has 2 amide bonds. The molecular weight excluding hydrogens is 454 g/mol. The highest BCUT2D eigenvalue weighted by Gasteiger charge is 2.29. The Labute approximate surface area is 209 Å². The number of carbonyl (C=O) groups is 2. The highest BCUT2D eigenvalue weighted by atomic mass is 16.5. The predicted octanol–water partition coefficient (Wildman–Crippen LogP) is 5.17. The van der Waals surface area contributed by atoms with Gasteiger partial charge < -0.3 is 14.4 Å². The molecule has 0 unspecified atom stereocenters. The van der Waals surface area contributed by atoms with E-state index in [0.29, 0.717) is 30.2 Å². The van der Waals surface area contributed by atoms with E-state index < -0.39 is 0 Å². The van der Waals surface area contributed by atoms with Gasteiger partial charge in [0.1, 0.15) is 0 Å². The van der Waals surface area contributed by atoms with Gasteiger partial charge in [-0.15, -0.1) is 0 Å². The van der Waals surface area contributed by atoms with Crippen LogP contribution in [0.3, 0.4) is 0 Å². The van der Waals surface area contributed by atoms with Crippen LogP contribution in [0, 0.1) is 0 Å². The van der Waals surface area contributed by atoms with Gasteiger partial charge in [0, 0.05) is 16.5 Å². The van der Waals surface area contributed by atoms with Crippen molar-refractivity contribution in [3.05, 3.63) is 101 Å². The number of ether oxygens (including phenoxy) is 2. The van der Waals surface area contributed by atoms with Gasteiger partial charge in [-0.05, 0) is 65.9 Å². The topological polar surface area (TPSA) is 80.2 Å². The lowest BCUT2D eigenvalue weighted by Crippen LogP contribution is -2.26. The number of carbonyl (C=O) groups excluding carboxylic acids is 2. The van der Waals surface area contributed by atoms with Crippen molar-refractivity contribution in [2.24, 2.45) is 5.10 Å². The molecule has 4 aromatic rings. The fourth-order valence-corrected chi connectivity index (χ4v) is 4.35. The zero-order valence-corrected chi connectivity index (χ0v) is 20.0. The van der Waals surface area contributed by atoms with Gasteiger partial charge in [-0.1, -0.05) is 36.4 Å². The molecule has 0 saturated heterocycles. The summed E-state index contributed by atoms with van der Waals surface area (Å²) in [5, 5.41) is 6.10. The molecule has 180 valence electrons. The van der Waals surface area contributed by atoms with Gasteiger partial charge in [0.15, 0.2) is 11.5 Å². The fraction of sp³-hybridized carbons (Fsp3) is 0.138. The summed E-state index contributed by atoms with van der Waals surface area (Å²) in [5.74, 6) is 0.907. The zero-order chi connectivity index (χ0) is 25.1. The molecule has 0 bridgehead atoms. The number of methoxy groups -OCH3 is 1. The van der Waals surface area contributed by atoms with Crippen molar-refractivity contribution in [3.63, 3.8) is 0 Å². The summed E-state index contributed by atoms with van der Waals surface area (Å²) >= 11 is 0. The summed E-state index contributed by atoms with van der Waals surface area (Å²) < 4.78 is 10.8. The summed E-state index contributed by atoms with van der Waals surface area (Å²) in [6.45, 7) is 2.87. The van der Waals surface area contributed by atoms with Crippen LogP contribution in [0.2, 0.25) is 0 Å². The minimum absolute atomic E-state index is 0.0103. The van der Waals surface area contributed by atoms with Gasteiger partial charge in [-0.25, -0.2) is 5.43 Å². The molecule has 5 rings (SSSR count). The van der Waals surface area contributed by atoms with E-state index in [-0.39, 0.29) is 11.8 Å². The van der Waals surface area contributed by atoms with E-state index in [1.54, 1.807) is 42.5 Å². The first kappa shape index (κ1) is 23.1. The number of hydrazone groups is 1. The number of hydrogen-bond acceptors (Lipinski definition) is 5. The summed E-state index contributed by atoms with van der Waals surface area (Å²) in [7, 11) is 1.57. The second kappa shape index (κ2) is 9.92. The SMILES string of the molecule is CCOc1ccc(/C=N/NC(=O)c2ccc(CN3C(=O)c4cccc5cccc3c45)cc2)cc1OC. The highest BCUT2D eigenvalue weighted by molar-refractivity contribution is 6.24. The summed E-state index contributed by atoms with van der Waals surface area (Å²) in [6.07, 6.45) is 1.54. The first-order valence-corrected chi connectivity index (χ1v) is 11.7. The van der Waals surface area contributed by atoms with Gasteiger partial charge in [0.2, 0.25) is 0 Å². The van der Waals surface area contributed by atoms with E-state index in [2.05, 4.69) is 10.5 Å². The summed E-state index contributed by atoms with van der Waals surface area (Å²) in [5.41, 5.74) is 6.34. The van der Waals surface area contributed by atoms with Crippen LogP contribution in [0.1, 0.15) is 38.8 Å². The van der Waals surface area contributed by atoms with Crippen LogP contribution in [-0.2, 0) is 6.54 Å². The predicted molar refractivity (Wildman–Crippen MR) is 140 cm³/mol. The molecule has 0 atom stereocenters. The Morgan fingerprint density at radius 3 is 2.53 bits per heavy atom. The lowest BCUT2D eigenvalue weighted by atomic mass is 10.1. The van der Waals surface area contributed by atoms with Crippen LogP contribution >= 0.6 is 0 Å². The van der Waals surface area contributed by atoms with Gasteiger partial charge in [-0.2, -0.15) is 5.10 Å². The molecule has 36 heavy (non-hydrogen) atoms. The second-order valence-corrected chi connectivity index (χ2v) is 8.31. The Morgan fingerprint density at radius 2 is 1.78 bits per heavy atom. The van der Waals surface area contributed by atoms with Crippen LogP contribution in [0.15, 0.2) is 84.0 Å². The number of benzene rings is 4. The van der Waals surface area contributed by atoms with Crippen molar-refractivity contribution in [1.29, 1.82) is 0 Å². The van der Waals surface area contributed by atoms with Crippen molar-refractivity contribution in [2.45, 2.75) is 13.5 Å². The molecule has 0 saturated carbocycles. The van der Waals surface area contributed by atoms with Crippen molar-refractivity contribution < 1.29 is 19.1 Å². The average molecular weight is 480 g/mol. The molecule has 0 fully saturated rings. The Kier molecular flexibility index (Phi) is 6.36. The maximum absolute atomic E-state index is 13.0. The monoisotopic (exact) mass is 479 g/mol. The Bertz CT molecular complexity index is 1470.